The molecule has 0 unspecified atom stereocenters. The lowest BCUT2D eigenvalue weighted by Gasteiger charge is -2.13. The largest absolute Gasteiger partial charge is 0.352 e. The molecule has 0 saturated carbocycles. The van der Waals surface area contributed by atoms with Crippen LogP contribution in [0, 0.1) is 5.82 Å². The Morgan fingerprint density at radius 3 is 2.31 bits per heavy atom. The van der Waals surface area contributed by atoms with Crippen molar-refractivity contribution in [1.82, 2.24) is 0 Å². The van der Waals surface area contributed by atoms with Gasteiger partial charge in [0.15, 0.2) is 6.29 Å². The number of benzene rings is 1. The van der Waals surface area contributed by atoms with Gasteiger partial charge in [-0.1, -0.05) is 15.9 Å². The first kappa shape index (κ1) is 10.6. The number of methoxy groups -OCH3 is 2. The Morgan fingerprint density at radius 2 is 1.85 bits per heavy atom. The number of hydrogen-bond donors (Lipinski definition) is 0. The third-order valence-electron chi connectivity index (χ3n) is 1.59. The third-order valence-corrected chi connectivity index (χ3v) is 2.04. The number of ether oxygens (including phenoxy) is 2. The Labute approximate surface area is 84.8 Å². The lowest BCUT2D eigenvalue weighted by molar-refractivity contribution is -0.106. The van der Waals surface area contributed by atoms with E-state index in [-0.39, 0.29) is 5.82 Å². The Balaban J connectivity index is 2.99. The van der Waals surface area contributed by atoms with Crippen molar-refractivity contribution in [3.63, 3.8) is 0 Å². The second-order valence-corrected chi connectivity index (χ2v) is 3.42. The summed E-state index contributed by atoms with van der Waals surface area (Å²) in [4.78, 5) is 0. The molecular formula is C9H10BrFO2. The molecule has 0 aliphatic heterocycles. The second-order valence-electron chi connectivity index (χ2n) is 2.51. The lowest BCUT2D eigenvalue weighted by atomic mass is 10.2. The van der Waals surface area contributed by atoms with Gasteiger partial charge in [-0.2, -0.15) is 0 Å². The van der Waals surface area contributed by atoms with Crippen LogP contribution in [0.15, 0.2) is 22.7 Å². The summed E-state index contributed by atoms with van der Waals surface area (Å²) in [6.07, 6.45) is -0.521. The normalized spacial score (nSPS) is 10.8. The molecule has 0 heterocycles. The molecule has 2 nitrogen and oxygen atoms in total. The highest BCUT2D eigenvalue weighted by Crippen LogP contribution is 2.22. The van der Waals surface area contributed by atoms with Crippen LogP contribution < -0.4 is 0 Å². The van der Waals surface area contributed by atoms with Crippen molar-refractivity contribution in [3.05, 3.63) is 34.1 Å². The SMILES string of the molecule is COC(OC)c1cc(F)cc(Br)c1. The van der Waals surface area contributed by atoms with E-state index in [1.165, 1.54) is 26.4 Å². The van der Waals surface area contributed by atoms with E-state index >= 15 is 0 Å². The quantitative estimate of drug-likeness (QED) is 0.767. The summed E-state index contributed by atoms with van der Waals surface area (Å²) in [7, 11) is 3.01. The van der Waals surface area contributed by atoms with Crippen LogP contribution >= 0.6 is 15.9 Å². The van der Waals surface area contributed by atoms with E-state index in [2.05, 4.69) is 15.9 Å². The smallest absolute Gasteiger partial charge is 0.183 e. The molecule has 0 amide bonds. The standard InChI is InChI=1S/C9H10BrFO2/c1-12-9(13-2)6-3-7(10)5-8(11)4-6/h3-5,9H,1-2H3. The minimum absolute atomic E-state index is 0.316. The summed E-state index contributed by atoms with van der Waals surface area (Å²) in [5, 5.41) is 0. The van der Waals surface area contributed by atoms with E-state index in [0.29, 0.717) is 10.0 Å². The van der Waals surface area contributed by atoms with Crippen LogP contribution in [0.3, 0.4) is 0 Å². The summed E-state index contributed by atoms with van der Waals surface area (Å²) in [5.74, 6) is -0.316. The summed E-state index contributed by atoms with van der Waals surface area (Å²) in [6.45, 7) is 0. The van der Waals surface area contributed by atoms with Crippen molar-refractivity contribution >= 4 is 15.9 Å². The maximum Gasteiger partial charge on any atom is 0.183 e. The molecule has 0 fully saturated rings. The Bertz CT molecular complexity index is 267. The highest BCUT2D eigenvalue weighted by atomic mass is 79.9. The zero-order valence-corrected chi connectivity index (χ0v) is 8.97. The predicted molar refractivity (Wildman–Crippen MR) is 50.9 cm³/mol. The highest BCUT2D eigenvalue weighted by Gasteiger charge is 2.10. The number of hydrogen-bond acceptors (Lipinski definition) is 2. The molecule has 72 valence electrons. The van der Waals surface area contributed by atoms with Gasteiger partial charge < -0.3 is 9.47 Å². The molecule has 0 aliphatic rings. The van der Waals surface area contributed by atoms with E-state index in [0.717, 1.165) is 0 Å². The average Bonchev–Trinajstić information content (AvgIpc) is 2.04. The zero-order valence-electron chi connectivity index (χ0n) is 7.38. The van der Waals surface area contributed by atoms with E-state index in [9.17, 15) is 4.39 Å². The molecule has 0 saturated heterocycles. The van der Waals surface area contributed by atoms with Crippen LogP contribution in [-0.2, 0) is 9.47 Å². The maximum absolute atomic E-state index is 12.9. The Hall–Kier alpha value is -0.450. The summed E-state index contributed by atoms with van der Waals surface area (Å²) in [5.41, 5.74) is 0.650. The Morgan fingerprint density at radius 1 is 1.23 bits per heavy atom. The van der Waals surface area contributed by atoms with Gasteiger partial charge in [0.25, 0.3) is 0 Å². The zero-order chi connectivity index (χ0) is 9.84. The first-order valence-corrected chi connectivity index (χ1v) is 4.48. The fourth-order valence-corrected chi connectivity index (χ4v) is 1.56. The van der Waals surface area contributed by atoms with Gasteiger partial charge in [-0.25, -0.2) is 4.39 Å². The van der Waals surface area contributed by atoms with Crippen molar-refractivity contribution in [1.29, 1.82) is 0 Å². The van der Waals surface area contributed by atoms with Crippen molar-refractivity contribution in [2.45, 2.75) is 6.29 Å². The van der Waals surface area contributed by atoms with E-state index in [4.69, 9.17) is 9.47 Å². The van der Waals surface area contributed by atoms with Gasteiger partial charge in [0.05, 0.1) is 0 Å². The fraction of sp³-hybridized carbons (Fsp3) is 0.333. The second kappa shape index (κ2) is 4.69. The molecule has 4 heteroatoms. The first-order chi connectivity index (χ1) is 6.17. The first-order valence-electron chi connectivity index (χ1n) is 3.69. The van der Waals surface area contributed by atoms with Crippen molar-refractivity contribution < 1.29 is 13.9 Å². The molecule has 0 atom stereocenters. The van der Waals surface area contributed by atoms with Gasteiger partial charge in [0.2, 0.25) is 0 Å². The van der Waals surface area contributed by atoms with Crippen LogP contribution in [0.1, 0.15) is 11.9 Å². The molecule has 13 heavy (non-hydrogen) atoms. The predicted octanol–water partition coefficient (Wildman–Crippen LogP) is 2.88. The van der Waals surface area contributed by atoms with Gasteiger partial charge in [-0.3, -0.25) is 0 Å². The van der Waals surface area contributed by atoms with Crippen LogP contribution in [0.2, 0.25) is 0 Å². The minimum Gasteiger partial charge on any atom is -0.352 e. The minimum atomic E-state index is -0.521. The van der Waals surface area contributed by atoms with Crippen LogP contribution in [0.25, 0.3) is 0 Å². The fourth-order valence-electron chi connectivity index (χ4n) is 1.08. The number of rotatable bonds is 3. The van der Waals surface area contributed by atoms with Crippen molar-refractivity contribution in [2.24, 2.45) is 0 Å². The molecule has 0 aromatic heterocycles. The van der Waals surface area contributed by atoms with Gasteiger partial charge in [-0.15, -0.1) is 0 Å². The average molecular weight is 249 g/mol. The lowest BCUT2D eigenvalue weighted by Crippen LogP contribution is -2.03. The molecule has 0 aliphatic carbocycles. The van der Waals surface area contributed by atoms with Gasteiger partial charge in [-0.05, 0) is 18.2 Å². The van der Waals surface area contributed by atoms with Crippen LogP contribution in [-0.4, -0.2) is 14.2 Å². The van der Waals surface area contributed by atoms with E-state index in [1.54, 1.807) is 6.07 Å². The highest BCUT2D eigenvalue weighted by molar-refractivity contribution is 9.10. The van der Waals surface area contributed by atoms with Crippen molar-refractivity contribution in [3.8, 4) is 0 Å². The van der Waals surface area contributed by atoms with Gasteiger partial charge in [0.1, 0.15) is 5.82 Å². The molecule has 0 radical (unpaired) electrons. The van der Waals surface area contributed by atoms with Crippen LogP contribution in [0.4, 0.5) is 4.39 Å². The van der Waals surface area contributed by atoms with Crippen LogP contribution in [0.5, 0.6) is 0 Å². The monoisotopic (exact) mass is 248 g/mol. The summed E-state index contributed by atoms with van der Waals surface area (Å²) < 4.78 is 23.6. The van der Waals surface area contributed by atoms with E-state index < -0.39 is 6.29 Å². The summed E-state index contributed by atoms with van der Waals surface area (Å²) >= 11 is 3.19. The van der Waals surface area contributed by atoms with Gasteiger partial charge in [0, 0.05) is 24.3 Å². The summed E-state index contributed by atoms with van der Waals surface area (Å²) in [6, 6.07) is 4.51. The molecule has 1 aromatic carbocycles. The third kappa shape index (κ3) is 2.76. The van der Waals surface area contributed by atoms with Crippen molar-refractivity contribution in [2.75, 3.05) is 14.2 Å². The molecule has 1 aromatic rings. The molecular weight excluding hydrogens is 239 g/mol. The molecule has 0 N–H and O–H groups in total. The Kier molecular flexibility index (Phi) is 3.84. The molecule has 1 rings (SSSR count). The maximum atomic E-state index is 12.9. The number of halogens is 2. The van der Waals surface area contributed by atoms with Gasteiger partial charge >= 0.3 is 0 Å². The topological polar surface area (TPSA) is 18.5 Å². The van der Waals surface area contributed by atoms with E-state index in [1.807, 2.05) is 0 Å². The molecule has 0 spiro atoms. The molecule has 0 bridgehead atoms.